The van der Waals surface area contributed by atoms with Crippen LogP contribution in [0.5, 0.6) is 0 Å². The van der Waals surface area contributed by atoms with Crippen molar-refractivity contribution < 1.29 is 17.9 Å². The number of carbonyl (C=O) groups is 1. The Morgan fingerprint density at radius 2 is 2.31 bits per heavy atom. The number of carbonyl (C=O) groups excluding carboxylic acids is 1. The van der Waals surface area contributed by atoms with Gasteiger partial charge in [0.1, 0.15) is 0 Å². The van der Waals surface area contributed by atoms with Crippen molar-refractivity contribution in [2.24, 2.45) is 10.7 Å². The van der Waals surface area contributed by atoms with Crippen molar-refractivity contribution >= 4 is 32.9 Å². The first-order valence-corrected chi connectivity index (χ1v) is 7.51. The van der Waals surface area contributed by atoms with Crippen LogP contribution in [0.2, 0.25) is 0 Å². The molecular formula is C8H14N2O4S2. The number of thioether (sulfide) groups is 1. The zero-order valence-corrected chi connectivity index (χ0v) is 10.5. The van der Waals surface area contributed by atoms with Crippen LogP contribution < -0.4 is 5.73 Å². The van der Waals surface area contributed by atoms with E-state index < -0.39 is 15.9 Å². The van der Waals surface area contributed by atoms with E-state index in [0.717, 1.165) is 11.8 Å². The van der Waals surface area contributed by atoms with Crippen molar-refractivity contribution in [2.45, 2.75) is 18.6 Å². The lowest BCUT2D eigenvalue weighted by atomic mass is 10.4. The zero-order valence-electron chi connectivity index (χ0n) is 8.88. The molecule has 0 aromatic heterocycles. The Morgan fingerprint density at radius 1 is 1.62 bits per heavy atom. The third-order valence-corrected chi connectivity index (χ3v) is 4.99. The number of amidine groups is 1. The van der Waals surface area contributed by atoms with Gasteiger partial charge in [0, 0.05) is 5.25 Å². The van der Waals surface area contributed by atoms with Crippen LogP contribution >= 0.6 is 11.8 Å². The number of hydrogen-bond donors (Lipinski definition) is 1. The van der Waals surface area contributed by atoms with E-state index in [1.807, 2.05) is 0 Å². The Morgan fingerprint density at radius 3 is 2.81 bits per heavy atom. The molecule has 0 unspecified atom stereocenters. The van der Waals surface area contributed by atoms with Crippen LogP contribution in [-0.4, -0.2) is 43.0 Å². The molecule has 16 heavy (non-hydrogen) atoms. The van der Waals surface area contributed by atoms with Crippen molar-refractivity contribution in [1.29, 1.82) is 0 Å². The normalized spacial score (nSPS) is 24.3. The topological polar surface area (TPSA) is 98.8 Å². The van der Waals surface area contributed by atoms with E-state index in [0.29, 0.717) is 6.42 Å². The lowest BCUT2D eigenvalue weighted by molar-refractivity contribution is 0.163. The SMILES string of the molecule is CCOC(=O)N=C(N)S[C@H]1CCS(=O)(=O)C1. The highest BCUT2D eigenvalue weighted by atomic mass is 32.2. The number of nitrogens with zero attached hydrogens (tertiary/aromatic N) is 1. The van der Waals surface area contributed by atoms with E-state index in [1.165, 1.54) is 0 Å². The van der Waals surface area contributed by atoms with Crippen LogP contribution in [-0.2, 0) is 14.6 Å². The van der Waals surface area contributed by atoms with Crippen LogP contribution in [0, 0.1) is 0 Å². The highest BCUT2D eigenvalue weighted by molar-refractivity contribution is 8.15. The third-order valence-electron chi connectivity index (χ3n) is 1.95. The molecule has 1 aliphatic rings. The molecule has 0 radical (unpaired) electrons. The predicted octanol–water partition coefficient (Wildman–Crippen LogP) is 0.378. The monoisotopic (exact) mass is 266 g/mol. The number of sulfone groups is 1. The van der Waals surface area contributed by atoms with Gasteiger partial charge in [-0.05, 0) is 13.3 Å². The maximum absolute atomic E-state index is 11.2. The van der Waals surface area contributed by atoms with Crippen LogP contribution in [0.25, 0.3) is 0 Å². The summed E-state index contributed by atoms with van der Waals surface area (Å²) in [5.41, 5.74) is 5.49. The van der Waals surface area contributed by atoms with Crippen molar-refractivity contribution in [2.75, 3.05) is 18.1 Å². The fourth-order valence-corrected chi connectivity index (χ4v) is 4.59. The van der Waals surface area contributed by atoms with Gasteiger partial charge in [0.15, 0.2) is 15.0 Å². The summed E-state index contributed by atoms with van der Waals surface area (Å²) in [6, 6.07) is 0. The van der Waals surface area contributed by atoms with Crippen LogP contribution in [0.15, 0.2) is 4.99 Å². The first-order valence-electron chi connectivity index (χ1n) is 4.81. The summed E-state index contributed by atoms with van der Waals surface area (Å²) in [7, 11) is -2.93. The van der Waals surface area contributed by atoms with E-state index in [-0.39, 0.29) is 28.5 Å². The number of amides is 1. The maximum Gasteiger partial charge on any atom is 0.435 e. The molecular weight excluding hydrogens is 252 g/mol. The molecule has 8 heteroatoms. The van der Waals surface area contributed by atoms with Gasteiger partial charge < -0.3 is 10.5 Å². The van der Waals surface area contributed by atoms with Gasteiger partial charge in [0.25, 0.3) is 0 Å². The molecule has 1 atom stereocenters. The van der Waals surface area contributed by atoms with Crippen LogP contribution in [0.4, 0.5) is 4.79 Å². The molecule has 0 spiro atoms. The maximum atomic E-state index is 11.2. The Bertz CT molecular complexity index is 391. The molecule has 0 bridgehead atoms. The van der Waals surface area contributed by atoms with Gasteiger partial charge in [0.2, 0.25) is 0 Å². The molecule has 1 fully saturated rings. The molecule has 0 aromatic rings. The third kappa shape index (κ3) is 4.40. The molecule has 1 aliphatic heterocycles. The summed E-state index contributed by atoms with van der Waals surface area (Å²) >= 11 is 1.11. The largest absolute Gasteiger partial charge is 0.448 e. The van der Waals surface area contributed by atoms with Crippen LogP contribution in [0.3, 0.4) is 0 Å². The van der Waals surface area contributed by atoms with Crippen LogP contribution in [0.1, 0.15) is 13.3 Å². The number of hydrogen-bond acceptors (Lipinski definition) is 5. The van der Waals surface area contributed by atoms with Gasteiger partial charge in [-0.1, -0.05) is 11.8 Å². The Labute approximate surface area is 98.5 Å². The van der Waals surface area contributed by atoms with Crippen molar-refractivity contribution in [3.05, 3.63) is 0 Å². The van der Waals surface area contributed by atoms with Gasteiger partial charge in [-0.15, -0.1) is 0 Å². The van der Waals surface area contributed by atoms with E-state index in [2.05, 4.69) is 9.73 Å². The molecule has 0 saturated carbocycles. The number of nitrogens with two attached hydrogens (primary N) is 1. The first-order chi connectivity index (χ1) is 7.43. The van der Waals surface area contributed by atoms with E-state index >= 15 is 0 Å². The van der Waals surface area contributed by atoms with Gasteiger partial charge in [-0.3, -0.25) is 0 Å². The summed E-state index contributed by atoms with van der Waals surface area (Å²) in [5.74, 6) is 0.272. The quantitative estimate of drug-likeness (QED) is 0.573. The molecule has 92 valence electrons. The summed E-state index contributed by atoms with van der Waals surface area (Å²) in [6.45, 7) is 1.90. The van der Waals surface area contributed by atoms with Crippen molar-refractivity contribution in [3.8, 4) is 0 Å². The molecule has 0 aliphatic carbocycles. The fraction of sp³-hybridized carbons (Fsp3) is 0.750. The number of aliphatic imine (C=N–C) groups is 1. The second-order valence-electron chi connectivity index (χ2n) is 3.29. The first kappa shape index (κ1) is 13.3. The van der Waals surface area contributed by atoms with Crippen molar-refractivity contribution in [1.82, 2.24) is 0 Å². The lowest BCUT2D eigenvalue weighted by Crippen LogP contribution is -2.17. The predicted molar refractivity (Wildman–Crippen MR) is 63.3 cm³/mol. The summed E-state index contributed by atoms with van der Waals surface area (Å²) in [6.07, 6.45) is -0.195. The molecule has 1 heterocycles. The average molecular weight is 266 g/mol. The fourth-order valence-electron chi connectivity index (χ4n) is 1.30. The molecule has 1 saturated heterocycles. The number of rotatable bonds is 2. The van der Waals surface area contributed by atoms with E-state index in [1.54, 1.807) is 6.92 Å². The highest BCUT2D eigenvalue weighted by Gasteiger charge is 2.29. The molecule has 2 N–H and O–H groups in total. The van der Waals surface area contributed by atoms with E-state index in [9.17, 15) is 13.2 Å². The van der Waals surface area contributed by atoms with Gasteiger partial charge in [-0.25, -0.2) is 13.2 Å². The van der Waals surface area contributed by atoms with E-state index in [4.69, 9.17) is 5.73 Å². The second kappa shape index (κ2) is 5.53. The summed E-state index contributed by atoms with van der Waals surface area (Å²) < 4.78 is 26.9. The van der Waals surface area contributed by atoms with Gasteiger partial charge >= 0.3 is 6.09 Å². The Balaban J connectivity index is 2.46. The zero-order chi connectivity index (χ0) is 12.2. The summed E-state index contributed by atoms with van der Waals surface area (Å²) in [4.78, 5) is 14.4. The summed E-state index contributed by atoms with van der Waals surface area (Å²) in [5, 5.41) is -0.0521. The second-order valence-corrected chi connectivity index (χ2v) is 6.84. The van der Waals surface area contributed by atoms with Gasteiger partial charge in [-0.2, -0.15) is 4.99 Å². The minimum atomic E-state index is -2.93. The molecule has 1 rings (SSSR count). The molecule has 1 amide bonds. The molecule has 6 nitrogen and oxygen atoms in total. The number of ether oxygens (including phenoxy) is 1. The minimum absolute atomic E-state index is 0.0561. The van der Waals surface area contributed by atoms with Gasteiger partial charge in [0.05, 0.1) is 18.1 Å². The molecule has 0 aromatic carbocycles. The minimum Gasteiger partial charge on any atom is -0.448 e. The Hall–Kier alpha value is -0.760. The highest BCUT2D eigenvalue weighted by Crippen LogP contribution is 2.24. The Kier molecular flexibility index (Phi) is 4.60. The van der Waals surface area contributed by atoms with Crippen molar-refractivity contribution in [3.63, 3.8) is 0 Å². The average Bonchev–Trinajstić information content (AvgIpc) is 2.45. The smallest absolute Gasteiger partial charge is 0.435 e. The lowest BCUT2D eigenvalue weighted by Gasteiger charge is -2.05. The standard InChI is InChI=1S/C8H14N2O4S2/c1-2-14-8(11)10-7(9)15-6-3-4-16(12,13)5-6/h6H,2-5H2,1H3,(H2,9,10,11)/t6-/m0/s1.